The molecule has 2 nitrogen and oxygen atoms in total. The van der Waals surface area contributed by atoms with Gasteiger partial charge in [-0.1, -0.05) is 158 Å². The average molecular weight is 781 g/mol. The lowest BCUT2D eigenvalue weighted by molar-refractivity contribution is 1.27. The van der Waals surface area contributed by atoms with Crippen LogP contribution in [0, 0.1) is 0 Å². The van der Waals surface area contributed by atoms with E-state index in [-0.39, 0.29) is 24.2 Å². The van der Waals surface area contributed by atoms with E-state index in [1.54, 1.807) is 11.3 Å². The van der Waals surface area contributed by atoms with Gasteiger partial charge < -0.3 is 9.80 Å². The molecule has 2 aliphatic rings. The van der Waals surface area contributed by atoms with E-state index >= 15 is 0 Å². The molecule has 0 amide bonds. The largest absolute Gasteiger partial charge is 0.311 e. The maximum absolute atomic E-state index is 9.80. The van der Waals surface area contributed by atoms with Crippen molar-refractivity contribution in [2.75, 3.05) is 9.80 Å². The van der Waals surface area contributed by atoms with Crippen LogP contribution in [0.25, 0.3) is 74.7 Å². The van der Waals surface area contributed by atoms with Gasteiger partial charge in [0.2, 0.25) is 0 Å². The minimum absolute atomic E-state index is 0.0110. The normalized spacial score (nSPS) is 14.2. The molecule has 1 aromatic heterocycles. The quantitative estimate of drug-likeness (QED) is 0.127. The summed E-state index contributed by atoms with van der Waals surface area (Å²) in [7, 11) is 0. The molecular formula is C56H33BN2S. The van der Waals surface area contributed by atoms with Crippen molar-refractivity contribution in [3.05, 3.63) is 200 Å². The third-order valence-electron chi connectivity index (χ3n) is 13.1. The first-order valence-electron chi connectivity index (χ1n) is 22.5. The third-order valence-corrected chi connectivity index (χ3v) is 14.3. The van der Waals surface area contributed by atoms with Crippen molar-refractivity contribution in [1.29, 1.82) is 0 Å². The summed E-state index contributed by atoms with van der Waals surface area (Å²) in [5.41, 5.74) is 6.94. The molecule has 0 spiro atoms. The fraction of sp³-hybridized carbons (Fsp3) is 0. The molecule has 2 aliphatic heterocycles. The molecule has 276 valence electrons. The number of nitrogens with zero attached hydrogens (tertiary/aromatic N) is 2. The molecule has 0 N–H and O–H groups in total. The van der Waals surface area contributed by atoms with Crippen LogP contribution in [0.5, 0.6) is 0 Å². The lowest BCUT2D eigenvalue weighted by Gasteiger charge is -2.43. The van der Waals surface area contributed by atoms with E-state index in [9.17, 15) is 2.74 Å². The molecule has 0 aliphatic carbocycles. The fourth-order valence-corrected chi connectivity index (χ4v) is 12.0. The predicted octanol–water partition coefficient (Wildman–Crippen LogP) is 13.9. The van der Waals surface area contributed by atoms with Crippen LogP contribution < -0.4 is 25.5 Å². The Morgan fingerprint density at radius 2 is 0.883 bits per heavy atom. The number of fused-ring (bicyclic) bond motifs is 18. The van der Waals surface area contributed by atoms with E-state index in [1.807, 2.05) is 0 Å². The van der Waals surface area contributed by atoms with Crippen molar-refractivity contribution in [1.82, 2.24) is 0 Å². The summed E-state index contributed by atoms with van der Waals surface area (Å²) in [5, 5.41) is 15.1. The van der Waals surface area contributed by atoms with Crippen molar-refractivity contribution in [3.8, 4) is 0 Å². The Labute approximate surface area is 356 Å². The van der Waals surface area contributed by atoms with Gasteiger partial charge in [-0.3, -0.25) is 0 Å². The van der Waals surface area contributed by atoms with Crippen molar-refractivity contribution >= 4 is 143 Å². The minimum atomic E-state index is -0.458. The van der Waals surface area contributed by atoms with Crippen LogP contribution in [0.15, 0.2) is 200 Å². The Bertz CT molecular complexity index is 3990. The van der Waals surface area contributed by atoms with Crippen LogP contribution in [0.1, 0.15) is 5.48 Å². The lowest BCUT2D eigenvalue weighted by atomic mass is 9.36. The van der Waals surface area contributed by atoms with Gasteiger partial charge in [-0.05, 0) is 113 Å². The van der Waals surface area contributed by atoms with Gasteiger partial charge >= 0.3 is 0 Å². The van der Waals surface area contributed by atoms with Crippen LogP contribution >= 0.6 is 11.3 Å². The Balaban J connectivity index is 1.13. The smallest absolute Gasteiger partial charge is 0.264 e. The molecule has 0 radical (unpaired) electrons. The lowest BCUT2D eigenvalue weighted by Crippen LogP contribution is -2.60. The van der Waals surface area contributed by atoms with Crippen LogP contribution in [-0.4, -0.2) is 6.71 Å². The SMILES string of the molecule is [2H]c1c([2H])c([2H])c2c(c1[2H])B1c3sc4ccccc4c3N(c3cccc4c5ccccc5c5ccccc5c34)c3cccc(c31)N2c1ccc2c3ccccc3c3ccccc3c2c1. The summed E-state index contributed by atoms with van der Waals surface area (Å²) in [6, 6.07) is 62.2. The molecule has 0 saturated heterocycles. The van der Waals surface area contributed by atoms with Crippen LogP contribution in [0.2, 0.25) is 0 Å². The van der Waals surface area contributed by atoms with Crippen molar-refractivity contribution in [2.24, 2.45) is 0 Å². The van der Waals surface area contributed by atoms with Gasteiger partial charge in [0, 0.05) is 43.0 Å². The second-order valence-corrected chi connectivity index (χ2v) is 17.1. The molecule has 0 atom stereocenters. The summed E-state index contributed by atoms with van der Waals surface area (Å²) in [4.78, 5) is 4.58. The zero-order valence-corrected chi connectivity index (χ0v) is 32.9. The van der Waals surface area contributed by atoms with Gasteiger partial charge in [-0.25, -0.2) is 0 Å². The number of para-hydroxylation sites is 1. The second-order valence-electron chi connectivity index (χ2n) is 16.0. The molecule has 0 unspecified atom stereocenters. The molecular weight excluding hydrogens is 744 g/mol. The second kappa shape index (κ2) is 12.1. The van der Waals surface area contributed by atoms with E-state index in [4.69, 9.17) is 2.74 Å². The number of hydrogen-bond acceptors (Lipinski definition) is 3. The number of thiophene rings is 1. The zero-order chi connectivity index (χ0) is 42.5. The molecule has 11 aromatic carbocycles. The van der Waals surface area contributed by atoms with Gasteiger partial charge in [0.05, 0.1) is 16.9 Å². The Morgan fingerprint density at radius 3 is 1.55 bits per heavy atom. The van der Waals surface area contributed by atoms with Gasteiger partial charge in [0.25, 0.3) is 6.71 Å². The van der Waals surface area contributed by atoms with Gasteiger partial charge in [0.15, 0.2) is 0 Å². The molecule has 4 heteroatoms. The summed E-state index contributed by atoms with van der Waals surface area (Å²) < 4.78 is 40.0. The predicted molar refractivity (Wildman–Crippen MR) is 261 cm³/mol. The topological polar surface area (TPSA) is 6.48 Å². The molecule has 60 heavy (non-hydrogen) atoms. The Kier molecular flexibility index (Phi) is 5.82. The van der Waals surface area contributed by atoms with E-state index in [0.717, 1.165) is 70.3 Å². The number of rotatable bonds is 2. The van der Waals surface area contributed by atoms with E-state index in [1.165, 1.54) is 43.1 Å². The first kappa shape index (κ1) is 28.9. The maximum Gasteiger partial charge on any atom is 0.264 e. The first-order valence-corrected chi connectivity index (χ1v) is 21.3. The highest BCUT2D eigenvalue weighted by atomic mass is 32.1. The Hall–Kier alpha value is -7.40. The summed E-state index contributed by atoms with van der Waals surface area (Å²) in [6.07, 6.45) is 0. The molecule has 14 rings (SSSR count). The highest BCUT2D eigenvalue weighted by Gasteiger charge is 2.45. The highest BCUT2D eigenvalue weighted by Crippen LogP contribution is 2.51. The zero-order valence-electron chi connectivity index (χ0n) is 36.1. The van der Waals surface area contributed by atoms with E-state index in [0.29, 0.717) is 11.2 Å². The van der Waals surface area contributed by atoms with Crippen molar-refractivity contribution in [2.45, 2.75) is 0 Å². The van der Waals surface area contributed by atoms with Crippen LogP contribution in [-0.2, 0) is 0 Å². The maximum atomic E-state index is 9.80. The number of hydrogen-bond donors (Lipinski definition) is 0. The third kappa shape index (κ3) is 4.23. The van der Waals surface area contributed by atoms with Crippen molar-refractivity contribution in [3.63, 3.8) is 0 Å². The fourth-order valence-electron chi connectivity index (χ4n) is 10.7. The number of benzene rings is 11. The molecule has 0 bridgehead atoms. The minimum Gasteiger partial charge on any atom is -0.311 e. The highest BCUT2D eigenvalue weighted by molar-refractivity contribution is 7.33. The van der Waals surface area contributed by atoms with Gasteiger partial charge in [-0.15, -0.1) is 11.3 Å². The molecule has 0 saturated carbocycles. The summed E-state index contributed by atoms with van der Waals surface area (Å²) >= 11 is 1.73. The molecule has 0 fully saturated rings. The number of anilines is 6. The first-order chi connectivity index (χ1) is 31.5. The van der Waals surface area contributed by atoms with Crippen LogP contribution in [0.4, 0.5) is 34.1 Å². The standard InChI is InChI=1S/C56H33BN2S/c1-2-17-37-35(15-1)36-16-4-6-21-41(36)46-33-34(31-32-42(37)46)58-48-26-11-10-25-47(48)57-54-50(58)28-14-29-51(54)59(55-45-23-9-12-30-52(45)60-56(55)57)49-27-13-24-44-40-19-5-3-18-38(40)39-20-7-8-22-43(39)53(44)49/h1-33H/i10D,11D,25D,26D. The average Bonchev–Trinajstić information content (AvgIpc) is 3.74. The summed E-state index contributed by atoms with van der Waals surface area (Å²) in [6.45, 7) is -0.458. The molecule has 12 aromatic rings. The van der Waals surface area contributed by atoms with Gasteiger partial charge in [-0.2, -0.15) is 0 Å². The monoisotopic (exact) mass is 780 g/mol. The van der Waals surface area contributed by atoms with E-state index < -0.39 is 6.71 Å². The molecule has 3 heterocycles. The van der Waals surface area contributed by atoms with E-state index in [2.05, 4.69) is 186 Å². The summed E-state index contributed by atoms with van der Waals surface area (Å²) in [5.74, 6) is 0. The van der Waals surface area contributed by atoms with Crippen molar-refractivity contribution < 1.29 is 5.48 Å². The Morgan fingerprint density at radius 1 is 0.400 bits per heavy atom. The van der Waals surface area contributed by atoms with Gasteiger partial charge in [0.1, 0.15) is 0 Å². The van der Waals surface area contributed by atoms with Crippen LogP contribution in [0.3, 0.4) is 0 Å².